The zero-order valence-corrected chi connectivity index (χ0v) is 11.5. The minimum Gasteiger partial charge on any atom is -0.478 e. The summed E-state index contributed by atoms with van der Waals surface area (Å²) < 4.78 is 13.0. The van der Waals surface area contributed by atoms with Crippen LogP contribution >= 0.6 is 11.6 Å². The maximum Gasteiger partial charge on any atom is 0.335 e. The molecular formula is C15H13ClFNO2. The van der Waals surface area contributed by atoms with Gasteiger partial charge in [-0.1, -0.05) is 17.7 Å². The zero-order chi connectivity index (χ0) is 14.7. The van der Waals surface area contributed by atoms with E-state index in [4.69, 9.17) is 16.7 Å². The van der Waals surface area contributed by atoms with Gasteiger partial charge in [0.1, 0.15) is 5.82 Å². The Labute approximate surface area is 121 Å². The lowest BCUT2D eigenvalue weighted by molar-refractivity contribution is 0.0697. The van der Waals surface area contributed by atoms with Gasteiger partial charge in [-0.15, -0.1) is 0 Å². The molecule has 20 heavy (non-hydrogen) atoms. The average Bonchev–Trinajstić information content (AvgIpc) is 2.41. The van der Waals surface area contributed by atoms with Crippen LogP contribution < -0.4 is 5.32 Å². The fourth-order valence-corrected chi connectivity index (χ4v) is 2.05. The number of hydrogen-bond acceptors (Lipinski definition) is 2. The van der Waals surface area contributed by atoms with Crippen molar-refractivity contribution >= 4 is 23.3 Å². The molecule has 0 aliphatic rings. The maximum absolute atomic E-state index is 13.0. The van der Waals surface area contributed by atoms with Gasteiger partial charge in [0.25, 0.3) is 0 Å². The van der Waals surface area contributed by atoms with Crippen LogP contribution in [0.5, 0.6) is 0 Å². The highest BCUT2D eigenvalue weighted by atomic mass is 35.5. The van der Waals surface area contributed by atoms with Crippen molar-refractivity contribution in [2.75, 3.05) is 5.32 Å². The van der Waals surface area contributed by atoms with E-state index in [9.17, 15) is 9.18 Å². The van der Waals surface area contributed by atoms with Gasteiger partial charge in [0.15, 0.2) is 0 Å². The number of aryl methyl sites for hydroxylation is 1. The highest BCUT2D eigenvalue weighted by Gasteiger charge is 2.06. The monoisotopic (exact) mass is 293 g/mol. The second-order valence-electron chi connectivity index (χ2n) is 4.44. The van der Waals surface area contributed by atoms with Crippen molar-refractivity contribution in [3.05, 3.63) is 63.9 Å². The minimum absolute atomic E-state index is 0.0854. The topological polar surface area (TPSA) is 49.3 Å². The molecule has 0 atom stereocenters. The Morgan fingerprint density at radius 3 is 2.65 bits per heavy atom. The molecular weight excluding hydrogens is 281 g/mol. The highest BCUT2D eigenvalue weighted by Crippen LogP contribution is 2.20. The standard InChI is InChI=1S/C15H13ClFNO2/c1-9-6-11(15(19)20)3-5-14(9)18-8-10-2-4-13(17)12(16)7-10/h2-7,18H,8H2,1H3,(H,19,20). The molecule has 0 aliphatic carbocycles. The Balaban J connectivity index is 2.10. The van der Waals surface area contributed by atoms with Gasteiger partial charge in [-0.25, -0.2) is 9.18 Å². The predicted molar refractivity (Wildman–Crippen MR) is 76.9 cm³/mol. The zero-order valence-electron chi connectivity index (χ0n) is 10.8. The van der Waals surface area contributed by atoms with Gasteiger partial charge in [0, 0.05) is 12.2 Å². The number of carboxylic acids is 1. The number of hydrogen-bond donors (Lipinski definition) is 2. The van der Waals surface area contributed by atoms with E-state index in [-0.39, 0.29) is 10.6 Å². The van der Waals surface area contributed by atoms with Crippen LogP contribution in [0.1, 0.15) is 21.5 Å². The van der Waals surface area contributed by atoms with E-state index < -0.39 is 11.8 Å². The molecule has 104 valence electrons. The van der Waals surface area contributed by atoms with Crippen molar-refractivity contribution in [1.82, 2.24) is 0 Å². The van der Waals surface area contributed by atoms with E-state index in [0.717, 1.165) is 16.8 Å². The predicted octanol–water partition coefficient (Wildman–Crippen LogP) is 4.10. The smallest absolute Gasteiger partial charge is 0.335 e. The summed E-state index contributed by atoms with van der Waals surface area (Å²) in [6.07, 6.45) is 0. The second-order valence-corrected chi connectivity index (χ2v) is 4.84. The van der Waals surface area contributed by atoms with Gasteiger partial charge >= 0.3 is 5.97 Å². The van der Waals surface area contributed by atoms with E-state index in [1.165, 1.54) is 12.1 Å². The molecule has 0 unspecified atom stereocenters. The van der Waals surface area contributed by atoms with E-state index in [0.29, 0.717) is 6.54 Å². The lowest BCUT2D eigenvalue weighted by Crippen LogP contribution is -2.03. The normalized spacial score (nSPS) is 10.3. The first kappa shape index (κ1) is 14.3. The maximum atomic E-state index is 13.0. The number of carbonyl (C=O) groups is 1. The van der Waals surface area contributed by atoms with Crippen molar-refractivity contribution in [3.8, 4) is 0 Å². The molecule has 2 rings (SSSR count). The Morgan fingerprint density at radius 1 is 1.30 bits per heavy atom. The van der Waals surface area contributed by atoms with Crippen LogP contribution in [0.15, 0.2) is 36.4 Å². The van der Waals surface area contributed by atoms with Gasteiger partial charge in [0.05, 0.1) is 10.6 Å². The molecule has 0 saturated heterocycles. The van der Waals surface area contributed by atoms with Crippen molar-refractivity contribution in [2.24, 2.45) is 0 Å². The van der Waals surface area contributed by atoms with Gasteiger partial charge in [-0.3, -0.25) is 0 Å². The lowest BCUT2D eigenvalue weighted by Gasteiger charge is -2.10. The summed E-state index contributed by atoms with van der Waals surface area (Å²) in [5.74, 6) is -1.40. The van der Waals surface area contributed by atoms with Crippen molar-refractivity contribution in [1.29, 1.82) is 0 Å². The third-order valence-corrected chi connectivity index (χ3v) is 3.23. The molecule has 0 aromatic heterocycles. The molecule has 0 heterocycles. The third-order valence-electron chi connectivity index (χ3n) is 2.94. The fraction of sp³-hybridized carbons (Fsp3) is 0.133. The fourth-order valence-electron chi connectivity index (χ4n) is 1.84. The molecule has 0 radical (unpaired) electrons. The van der Waals surface area contributed by atoms with Gasteiger partial charge in [0.2, 0.25) is 0 Å². The first-order chi connectivity index (χ1) is 9.47. The minimum atomic E-state index is -0.954. The number of anilines is 1. The van der Waals surface area contributed by atoms with E-state index in [1.807, 2.05) is 6.92 Å². The van der Waals surface area contributed by atoms with Crippen molar-refractivity contribution < 1.29 is 14.3 Å². The summed E-state index contributed by atoms with van der Waals surface area (Å²) in [5, 5.41) is 12.1. The molecule has 0 fully saturated rings. The van der Waals surface area contributed by atoms with Crippen LogP contribution in [-0.2, 0) is 6.54 Å². The molecule has 0 spiro atoms. The summed E-state index contributed by atoms with van der Waals surface area (Å²) >= 11 is 5.71. The number of nitrogens with one attached hydrogen (secondary N) is 1. The SMILES string of the molecule is Cc1cc(C(=O)O)ccc1NCc1ccc(F)c(Cl)c1. The van der Waals surface area contributed by atoms with Crippen LogP contribution in [0, 0.1) is 12.7 Å². The molecule has 3 nitrogen and oxygen atoms in total. The summed E-state index contributed by atoms with van der Waals surface area (Å²) in [6, 6.07) is 9.38. The van der Waals surface area contributed by atoms with E-state index in [1.54, 1.807) is 24.3 Å². The third kappa shape index (κ3) is 3.27. The van der Waals surface area contributed by atoms with E-state index in [2.05, 4.69) is 5.32 Å². The Morgan fingerprint density at radius 2 is 2.05 bits per heavy atom. The quantitative estimate of drug-likeness (QED) is 0.892. The largest absolute Gasteiger partial charge is 0.478 e. The number of carboxylic acid groups (broad SMARTS) is 1. The second kappa shape index (κ2) is 5.92. The number of halogens is 2. The Hall–Kier alpha value is -2.07. The molecule has 0 bridgehead atoms. The van der Waals surface area contributed by atoms with Gasteiger partial charge < -0.3 is 10.4 Å². The lowest BCUT2D eigenvalue weighted by atomic mass is 10.1. The Kier molecular flexibility index (Phi) is 4.25. The molecule has 2 N–H and O–H groups in total. The summed E-state index contributed by atoms with van der Waals surface area (Å²) in [6.45, 7) is 2.31. The number of rotatable bonds is 4. The average molecular weight is 294 g/mol. The number of aromatic carboxylic acids is 1. The molecule has 0 amide bonds. The van der Waals surface area contributed by atoms with Crippen molar-refractivity contribution in [2.45, 2.75) is 13.5 Å². The summed E-state index contributed by atoms with van der Waals surface area (Å²) in [7, 11) is 0. The molecule has 0 saturated carbocycles. The summed E-state index contributed by atoms with van der Waals surface area (Å²) in [4.78, 5) is 10.8. The first-order valence-corrected chi connectivity index (χ1v) is 6.37. The van der Waals surface area contributed by atoms with Crippen LogP contribution in [0.25, 0.3) is 0 Å². The number of benzene rings is 2. The van der Waals surface area contributed by atoms with Gasteiger partial charge in [-0.05, 0) is 48.4 Å². The summed E-state index contributed by atoms with van der Waals surface area (Å²) in [5.41, 5.74) is 2.75. The van der Waals surface area contributed by atoms with Crippen LogP contribution in [0.3, 0.4) is 0 Å². The molecule has 5 heteroatoms. The highest BCUT2D eigenvalue weighted by molar-refractivity contribution is 6.30. The molecule has 0 aliphatic heterocycles. The molecule has 2 aromatic carbocycles. The van der Waals surface area contributed by atoms with Crippen LogP contribution in [0.4, 0.5) is 10.1 Å². The van der Waals surface area contributed by atoms with Gasteiger partial charge in [-0.2, -0.15) is 0 Å². The molecule has 2 aromatic rings. The first-order valence-electron chi connectivity index (χ1n) is 5.99. The Bertz CT molecular complexity index is 658. The van der Waals surface area contributed by atoms with Crippen LogP contribution in [0.2, 0.25) is 5.02 Å². The van der Waals surface area contributed by atoms with Crippen molar-refractivity contribution in [3.63, 3.8) is 0 Å². The van der Waals surface area contributed by atoms with E-state index >= 15 is 0 Å². The van der Waals surface area contributed by atoms with Crippen LogP contribution in [-0.4, -0.2) is 11.1 Å².